The average Bonchev–Trinajstić information content (AvgIpc) is 3.35. The van der Waals surface area contributed by atoms with Gasteiger partial charge in [0.15, 0.2) is 6.61 Å². The van der Waals surface area contributed by atoms with Gasteiger partial charge in [-0.1, -0.05) is 22.8 Å². The highest BCUT2D eigenvalue weighted by Crippen LogP contribution is 2.31. The Morgan fingerprint density at radius 3 is 2.67 bits per heavy atom. The third kappa shape index (κ3) is 4.45. The average molecular weight is 410 g/mol. The van der Waals surface area contributed by atoms with Crippen molar-refractivity contribution >= 4 is 23.5 Å². The van der Waals surface area contributed by atoms with Crippen LogP contribution in [0.1, 0.15) is 23.8 Å². The van der Waals surface area contributed by atoms with E-state index in [2.05, 4.69) is 15.5 Å². The van der Waals surface area contributed by atoms with E-state index < -0.39 is 5.91 Å². The second-order valence-corrected chi connectivity index (χ2v) is 6.98. The number of anilines is 2. The fraction of sp³-hybridized carbons (Fsp3) is 0.238. The Morgan fingerprint density at radius 2 is 1.93 bits per heavy atom. The van der Waals surface area contributed by atoms with Crippen molar-refractivity contribution in [3.05, 3.63) is 65.8 Å². The number of ether oxygens (including phenoxy) is 1. The number of benzene rings is 2. The Morgan fingerprint density at radius 1 is 1.20 bits per heavy atom. The van der Waals surface area contributed by atoms with Crippen LogP contribution in [0.2, 0.25) is 0 Å². The zero-order valence-corrected chi connectivity index (χ0v) is 16.2. The van der Waals surface area contributed by atoms with Gasteiger partial charge in [-0.3, -0.25) is 14.9 Å². The number of carbonyl (C=O) groups excluding carboxylic acids is 2. The monoisotopic (exact) mass is 410 g/mol. The Balaban J connectivity index is 1.33. The number of amides is 2. The Kier molecular flexibility index (Phi) is 5.42. The van der Waals surface area contributed by atoms with Gasteiger partial charge in [0.2, 0.25) is 11.8 Å². The van der Waals surface area contributed by atoms with Crippen molar-refractivity contribution in [2.75, 3.05) is 23.4 Å². The molecule has 8 nitrogen and oxygen atoms in total. The molecule has 2 heterocycles. The maximum atomic E-state index is 13.1. The molecule has 1 fully saturated rings. The highest BCUT2D eigenvalue weighted by Gasteiger charge is 2.35. The third-order valence-corrected chi connectivity index (χ3v) is 4.69. The summed E-state index contributed by atoms with van der Waals surface area (Å²) in [4.78, 5) is 25.9. The molecule has 0 radical (unpaired) electrons. The Hall–Kier alpha value is -3.75. The van der Waals surface area contributed by atoms with E-state index in [0.29, 0.717) is 18.0 Å². The number of carbonyl (C=O) groups is 2. The van der Waals surface area contributed by atoms with Gasteiger partial charge in [0.1, 0.15) is 11.6 Å². The van der Waals surface area contributed by atoms with Gasteiger partial charge >= 0.3 is 6.01 Å². The maximum Gasteiger partial charge on any atom is 0.322 e. The summed E-state index contributed by atoms with van der Waals surface area (Å²) >= 11 is 0. The van der Waals surface area contributed by atoms with Crippen molar-refractivity contribution in [3.63, 3.8) is 0 Å². The topological polar surface area (TPSA) is 97.6 Å². The number of hydrogen-bond donors (Lipinski definition) is 1. The van der Waals surface area contributed by atoms with Crippen LogP contribution in [0, 0.1) is 12.7 Å². The van der Waals surface area contributed by atoms with E-state index in [0.717, 1.165) is 5.56 Å². The second kappa shape index (κ2) is 8.32. The molecule has 0 unspecified atom stereocenters. The summed E-state index contributed by atoms with van der Waals surface area (Å²) in [5.41, 5.74) is 1.69. The first-order valence-electron chi connectivity index (χ1n) is 9.36. The molecule has 1 aromatic heterocycles. The second-order valence-electron chi connectivity index (χ2n) is 6.98. The minimum Gasteiger partial charge on any atom is -0.484 e. The Bertz CT molecular complexity index is 1050. The van der Waals surface area contributed by atoms with Crippen molar-refractivity contribution in [2.45, 2.75) is 19.3 Å². The zero-order valence-electron chi connectivity index (χ0n) is 16.2. The molecular weight excluding hydrogens is 391 g/mol. The standard InChI is InChI=1S/C21H19FN4O4/c1-13-2-8-17(9-3-13)29-12-18(27)23-21-25-24-20(30-21)14-10-19(28)26(11-14)16-6-4-15(22)5-7-16/h2-9,14H,10-12H2,1H3,(H,23,25,27)/t14-/m1/s1. The highest BCUT2D eigenvalue weighted by atomic mass is 19.1. The molecule has 154 valence electrons. The first kappa shape index (κ1) is 19.6. The summed E-state index contributed by atoms with van der Waals surface area (Å²) in [6.45, 7) is 2.08. The van der Waals surface area contributed by atoms with Crippen LogP contribution in [-0.4, -0.2) is 35.2 Å². The minimum atomic E-state index is -0.443. The summed E-state index contributed by atoms with van der Waals surface area (Å²) in [6, 6.07) is 13.0. The predicted octanol–water partition coefficient (Wildman–Crippen LogP) is 3.06. The van der Waals surface area contributed by atoms with Gasteiger partial charge in [0, 0.05) is 18.7 Å². The van der Waals surface area contributed by atoms with Crippen LogP contribution in [0.25, 0.3) is 0 Å². The van der Waals surface area contributed by atoms with Crippen LogP contribution in [0.4, 0.5) is 16.1 Å². The third-order valence-electron chi connectivity index (χ3n) is 4.69. The number of nitrogens with zero attached hydrogens (tertiary/aromatic N) is 3. The van der Waals surface area contributed by atoms with Crippen molar-refractivity contribution in [1.82, 2.24) is 10.2 Å². The molecule has 2 aromatic carbocycles. The lowest BCUT2D eigenvalue weighted by Gasteiger charge is -2.15. The van der Waals surface area contributed by atoms with Crippen molar-refractivity contribution in [2.24, 2.45) is 0 Å². The first-order valence-corrected chi connectivity index (χ1v) is 9.36. The van der Waals surface area contributed by atoms with Gasteiger partial charge in [0.25, 0.3) is 5.91 Å². The van der Waals surface area contributed by atoms with E-state index in [1.54, 1.807) is 29.2 Å². The van der Waals surface area contributed by atoms with Crippen molar-refractivity contribution in [1.29, 1.82) is 0 Å². The fourth-order valence-corrected chi connectivity index (χ4v) is 3.13. The van der Waals surface area contributed by atoms with Crippen LogP contribution in [0.3, 0.4) is 0 Å². The normalized spacial score (nSPS) is 16.0. The van der Waals surface area contributed by atoms with E-state index in [9.17, 15) is 14.0 Å². The molecule has 0 bridgehead atoms. The highest BCUT2D eigenvalue weighted by molar-refractivity contribution is 5.96. The molecule has 3 aromatic rings. The van der Waals surface area contributed by atoms with Gasteiger partial charge in [-0.15, -0.1) is 5.10 Å². The smallest absolute Gasteiger partial charge is 0.322 e. The summed E-state index contributed by atoms with van der Waals surface area (Å²) in [7, 11) is 0. The SMILES string of the molecule is Cc1ccc(OCC(=O)Nc2nnc([C@@H]3CC(=O)N(c4ccc(F)cc4)C3)o2)cc1. The van der Waals surface area contributed by atoms with Crippen molar-refractivity contribution in [3.8, 4) is 5.75 Å². The van der Waals surface area contributed by atoms with Gasteiger partial charge in [-0.2, -0.15) is 0 Å². The largest absolute Gasteiger partial charge is 0.484 e. The summed E-state index contributed by atoms with van der Waals surface area (Å²) in [5, 5.41) is 10.2. The maximum absolute atomic E-state index is 13.1. The van der Waals surface area contributed by atoms with Gasteiger partial charge < -0.3 is 14.1 Å². The lowest BCUT2D eigenvalue weighted by molar-refractivity contribution is -0.118. The van der Waals surface area contributed by atoms with Crippen LogP contribution in [-0.2, 0) is 9.59 Å². The molecular formula is C21H19FN4O4. The molecule has 1 N–H and O–H groups in total. The molecule has 4 rings (SSSR count). The number of rotatable bonds is 6. The van der Waals surface area contributed by atoms with Gasteiger partial charge in [-0.25, -0.2) is 4.39 Å². The Labute approximate surface area is 171 Å². The molecule has 0 aliphatic carbocycles. The molecule has 9 heteroatoms. The quantitative estimate of drug-likeness (QED) is 0.671. The number of aromatic nitrogens is 2. The molecule has 1 atom stereocenters. The van der Waals surface area contributed by atoms with Gasteiger partial charge in [-0.05, 0) is 43.3 Å². The summed E-state index contributed by atoms with van der Waals surface area (Å²) in [6.07, 6.45) is 0.184. The lowest BCUT2D eigenvalue weighted by atomic mass is 10.1. The number of aryl methyl sites for hydroxylation is 1. The minimum absolute atomic E-state index is 0.0600. The number of nitrogens with one attached hydrogen (secondary N) is 1. The lowest BCUT2D eigenvalue weighted by Crippen LogP contribution is -2.24. The van der Waals surface area contributed by atoms with Crippen LogP contribution < -0.4 is 15.0 Å². The molecule has 30 heavy (non-hydrogen) atoms. The molecule has 0 saturated carbocycles. The van der Waals surface area contributed by atoms with E-state index in [1.165, 1.54) is 12.1 Å². The predicted molar refractivity (Wildman–Crippen MR) is 106 cm³/mol. The van der Waals surface area contributed by atoms with Gasteiger partial charge in [0.05, 0.1) is 5.92 Å². The molecule has 1 aliphatic rings. The molecule has 1 aliphatic heterocycles. The van der Waals surface area contributed by atoms with E-state index >= 15 is 0 Å². The van der Waals surface area contributed by atoms with E-state index in [4.69, 9.17) is 9.15 Å². The van der Waals surface area contributed by atoms with Crippen LogP contribution >= 0.6 is 0 Å². The number of hydrogen-bond acceptors (Lipinski definition) is 6. The van der Waals surface area contributed by atoms with E-state index in [-0.39, 0.29) is 42.6 Å². The van der Waals surface area contributed by atoms with E-state index in [1.807, 2.05) is 19.1 Å². The van der Waals surface area contributed by atoms with Crippen molar-refractivity contribution < 1.29 is 23.1 Å². The molecule has 2 amide bonds. The fourth-order valence-electron chi connectivity index (χ4n) is 3.13. The zero-order chi connectivity index (χ0) is 21.1. The molecule has 1 saturated heterocycles. The summed E-state index contributed by atoms with van der Waals surface area (Å²) in [5.74, 6) is -0.423. The first-order chi connectivity index (χ1) is 14.5. The summed E-state index contributed by atoms with van der Waals surface area (Å²) < 4.78 is 24.0. The number of halogens is 1. The van der Waals surface area contributed by atoms with Crippen LogP contribution in [0.15, 0.2) is 52.9 Å². The van der Waals surface area contributed by atoms with Crippen LogP contribution in [0.5, 0.6) is 5.75 Å². The molecule has 0 spiro atoms.